The van der Waals surface area contributed by atoms with Crippen molar-refractivity contribution in [1.82, 2.24) is 15.2 Å². The molecule has 1 aliphatic heterocycles. The minimum absolute atomic E-state index is 0.0205. The molecule has 0 aliphatic carbocycles. The van der Waals surface area contributed by atoms with Gasteiger partial charge in [-0.25, -0.2) is 4.98 Å². The first-order chi connectivity index (χ1) is 13.1. The summed E-state index contributed by atoms with van der Waals surface area (Å²) < 4.78 is 0. The fraction of sp³-hybridized carbons (Fsp3) is 0.364. The van der Waals surface area contributed by atoms with Crippen LogP contribution < -0.4 is 5.32 Å². The minimum atomic E-state index is 0.0205. The molecule has 2 aromatic rings. The number of rotatable bonds is 6. The lowest BCUT2D eigenvalue weighted by molar-refractivity contribution is 0.0914. The van der Waals surface area contributed by atoms with Crippen LogP contribution in [0, 0.1) is 0 Å². The van der Waals surface area contributed by atoms with Crippen LogP contribution in [-0.4, -0.2) is 41.5 Å². The van der Waals surface area contributed by atoms with Gasteiger partial charge >= 0.3 is 0 Å². The van der Waals surface area contributed by atoms with Crippen LogP contribution in [0.4, 0.5) is 0 Å². The predicted molar refractivity (Wildman–Crippen MR) is 111 cm³/mol. The zero-order valence-electron chi connectivity index (χ0n) is 16.0. The van der Waals surface area contributed by atoms with Crippen LogP contribution in [0.25, 0.3) is 0 Å². The molecule has 4 nitrogen and oxygen atoms in total. The van der Waals surface area contributed by atoms with Gasteiger partial charge in [-0.1, -0.05) is 29.5 Å². The molecule has 5 heteroatoms. The molecule has 1 N–H and O–H groups in total. The molecule has 0 bridgehead atoms. The molecule has 0 spiro atoms. The second-order valence-electron chi connectivity index (χ2n) is 7.12. The maximum absolute atomic E-state index is 12.5. The topological polar surface area (TPSA) is 45.2 Å². The van der Waals surface area contributed by atoms with Crippen molar-refractivity contribution in [3.8, 4) is 0 Å². The van der Waals surface area contributed by atoms with Crippen molar-refractivity contribution < 1.29 is 4.79 Å². The Morgan fingerprint density at radius 1 is 1.19 bits per heavy atom. The number of benzene rings is 1. The van der Waals surface area contributed by atoms with Gasteiger partial charge in [0.2, 0.25) is 0 Å². The average molecular weight is 382 g/mol. The van der Waals surface area contributed by atoms with Crippen molar-refractivity contribution >= 4 is 17.7 Å². The normalized spacial score (nSPS) is 15.3. The first kappa shape index (κ1) is 19.6. The van der Waals surface area contributed by atoms with E-state index in [0.717, 1.165) is 42.4 Å². The molecule has 1 fully saturated rings. The third kappa shape index (κ3) is 6.22. The Kier molecular flexibility index (Phi) is 7.07. The molecule has 27 heavy (non-hydrogen) atoms. The van der Waals surface area contributed by atoms with Gasteiger partial charge in [0.15, 0.2) is 0 Å². The lowest BCUT2D eigenvalue weighted by atomic mass is 10.0. The van der Waals surface area contributed by atoms with Gasteiger partial charge in [-0.05, 0) is 63.1 Å². The number of nitrogens with one attached hydrogen (secondary N) is 1. The van der Waals surface area contributed by atoms with Gasteiger partial charge in [0.25, 0.3) is 5.91 Å². The highest BCUT2D eigenvalue weighted by Crippen LogP contribution is 2.25. The molecular formula is C22H27N3OS. The molecule has 0 atom stereocenters. The van der Waals surface area contributed by atoms with Gasteiger partial charge in [0.1, 0.15) is 5.03 Å². The molecule has 1 aliphatic rings. The lowest BCUT2D eigenvalue weighted by Gasteiger charge is -2.31. The van der Waals surface area contributed by atoms with E-state index >= 15 is 0 Å². The minimum Gasteiger partial charge on any atom is -0.349 e. The number of piperidine rings is 1. The van der Waals surface area contributed by atoms with Crippen LogP contribution in [0.15, 0.2) is 70.2 Å². The summed E-state index contributed by atoms with van der Waals surface area (Å²) in [6, 6.07) is 13.9. The van der Waals surface area contributed by atoms with Crippen molar-refractivity contribution in [3.63, 3.8) is 0 Å². The van der Waals surface area contributed by atoms with Crippen LogP contribution >= 0.6 is 11.8 Å². The second kappa shape index (κ2) is 9.72. The zero-order chi connectivity index (χ0) is 19.1. The standard InChI is InChI=1S/C22H27N3OS/c1-17(2)10-14-25-15-11-19(12-16-25)24-22(26)18-6-8-20(9-7-18)27-21-5-3-4-13-23-21/h3-10,13,19H,11-12,14-16H2,1-2H3,(H,24,26). The van der Waals surface area contributed by atoms with E-state index in [0.29, 0.717) is 5.56 Å². The van der Waals surface area contributed by atoms with Gasteiger partial charge < -0.3 is 5.32 Å². The van der Waals surface area contributed by atoms with Gasteiger partial charge in [0, 0.05) is 42.3 Å². The highest BCUT2D eigenvalue weighted by atomic mass is 32.2. The second-order valence-corrected chi connectivity index (χ2v) is 8.22. The van der Waals surface area contributed by atoms with E-state index in [2.05, 4.69) is 35.1 Å². The molecule has 3 rings (SSSR count). The molecule has 0 radical (unpaired) electrons. The summed E-state index contributed by atoms with van der Waals surface area (Å²) in [4.78, 5) is 20.4. The number of amides is 1. The molecule has 1 aromatic heterocycles. The zero-order valence-corrected chi connectivity index (χ0v) is 16.8. The first-order valence-electron chi connectivity index (χ1n) is 9.45. The monoisotopic (exact) mass is 381 g/mol. The summed E-state index contributed by atoms with van der Waals surface area (Å²) in [6.45, 7) is 7.35. The average Bonchev–Trinajstić information content (AvgIpc) is 2.69. The van der Waals surface area contributed by atoms with E-state index < -0.39 is 0 Å². The SMILES string of the molecule is CC(C)=CCN1CCC(NC(=O)c2ccc(Sc3ccccn3)cc2)CC1. The number of nitrogens with zero attached hydrogens (tertiary/aromatic N) is 2. The fourth-order valence-electron chi connectivity index (χ4n) is 3.04. The van der Waals surface area contributed by atoms with Crippen LogP contribution in [0.2, 0.25) is 0 Å². The predicted octanol–water partition coefficient (Wildman–Crippen LogP) is 4.39. The smallest absolute Gasteiger partial charge is 0.251 e. The Hall–Kier alpha value is -2.11. The Morgan fingerprint density at radius 3 is 2.56 bits per heavy atom. The number of carbonyl (C=O) groups excluding carboxylic acids is 1. The summed E-state index contributed by atoms with van der Waals surface area (Å²) in [6.07, 6.45) is 6.07. The number of hydrogen-bond acceptors (Lipinski definition) is 4. The number of carbonyl (C=O) groups is 1. The summed E-state index contributed by atoms with van der Waals surface area (Å²) in [5.41, 5.74) is 2.07. The number of likely N-dealkylation sites (tertiary alicyclic amines) is 1. The lowest BCUT2D eigenvalue weighted by Crippen LogP contribution is -2.44. The van der Waals surface area contributed by atoms with Crippen molar-refractivity contribution in [3.05, 3.63) is 65.9 Å². The van der Waals surface area contributed by atoms with Crippen LogP contribution in [0.3, 0.4) is 0 Å². The Balaban J connectivity index is 1.48. The molecule has 142 valence electrons. The van der Waals surface area contributed by atoms with Gasteiger partial charge in [0.05, 0.1) is 0 Å². The third-order valence-electron chi connectivity index (χ3n) is 4.66. The molecule has 1 saturated heterocycles. The largest absolute Gasteiger partial charge is 0.349 e. The van der Waals surface area contributed by atoms with E-state index in [1.165, 1.54) is 5.57 Å². The fourth-order valence-corrected chi connectivity index (χ4v) is 3.82. The summed E-state index contributed by atoms with van der Waals surface area (Å²) in [5, 5.41) is 4.14. The van der Waals surface area contributed by atoms with Gasteiger partial charge in [-0.2, -0.15) is 0 Å². The van der Waals surface area contributed by atoms with Crippen molar-refractivity contribution in [2.75, 3.05) is 19.6 Å². The highest BCUT2D eigenvalue weighted by molar-refractivity contribution is 7.99. The Bertz CT molecular complexity index is 762. The van der Waals surface area contributed by atoms with Crippen molar-refractivity contribution in [2.24, 2.45) is 0 Å². The molecule has 0 saturated carbocycles. The van der Waals surface area contributed by atoms with Crippen molar-refractivity contribution in [1.29, 1.82) is 0 Å². The molecule has 0 unspecified atom stereocenters. The number of pyridine rings is 1. The molecular weight excluding hydrogens is 354 g/mol. The van der Waals surface area contributed by atoms with E-state index in [1.54, 1.807) is 18.0 Å². The quantitative estimate of drug-likeness (QED) is 0.754. The Morgan fingerprint density at radius 2 is 1.93 bits per heavy atom. The van der Waals surface area contributed by atoms with E-state index in [4.69, 9.17) is 0 Å². The van der Waals surface area contributed by atoms with E-state index in [-0.39, 0.29) is 11.9 Å². The number of hydrogen-bond donors (Lipinski definition) is 1. The van der Waals surface area contributed by atoms with Crippen molar-refractivity contribution in [2.45, 2.75) is 42.7 Å². The summed E-state index contributed by atoms with van der Waals surface area (Å²) >= 11 is 1.60. The maximum Gasteiger partial charge on any atom is 0.251 e. The summed E-state index contributed by atoms with van der Waals surface area (Å²) in [7, 11) is 0. The first-order valence-corrected chi connectivity index (χ1v) is 10.3. The Labute approximate surface area is 166 Å². The van der Waals surface area contributed by atoms with E-state index in [9.17, 15) is 4.79 Å². The van der Waals surface area contributed by atoms with Crippen LogP contribution in [0.1, 0.15) is 37.0 Å². The van der Waals surface area contributed by atoms with E-state index in [1.807, 2.05) is 42.5 Å². The van der Waals surface area contributed by atoms with Crippen LogP contribution in [0.5, 0.6) is 0 Å². The van der Waals surface area contributed by atoms with Gasteiger partial charge in [-0.15, -0.1) is 0 Å². The third-order valence-corrected chi connectivity index (χ3v) is 5.62. The number of aromatic nitrogens is 1. The highest BCUT2D eigenvalue weighted by Gasteiger charge is 2.20. The van der Waals surface area contributed by atoms with Crippen LogP contribution in [-0.2, 0) is 0 Å². The molecule has 1 amide bonds. The summed E-state index contributed by atoms with van der Waals surface area (Å²) in [5.74, 6) is 0.0205. The molecule has 2 heterocycles. The molecule has 1 aromatic carbocycles. The number of allylic oxidation sites excluding steroid dienone is 1. The van der Waals surface area contributed by atoms with Gasteiger partial charge in [-0.3, -0.25) is 9.69 Å². The maximum atomic E-state index is 12.5.